The van der Waals surface area contributed by atoms with Crippen molar-refractivity contribution in [3.8, 4) is 5.75 Å². The van der Waals surface area contributed by atoms with Crippen LogP contribution >= 0.6 is 27.5 Å². The van der Waals surface area contributed by atoms with Gasteiger partial charge in [0, 0.05) is 21.5 Å². The fraction of sp³-hybridized carbons (Fsp3) is 0.0952. The molecule has 4 rings (SSSR count). The third-order valence-corrected chi connectivity index (χ3v) is 5.20. The van der Waals surface area contributed by atoms with Crippen LogP contribution in [-0.4, -0.2) is 10.8 Å². The van der Waals surface area contributed by atoms with E-state index in [1.54, 1.807) is 6.07 Å². The van der Waals surface area contributed by atoms with Gasteiger partial charge >= 0.3 is 0 Å². The van der Waals surface area contributed by atoms with Gasteiger partial charge in [0.2, 0.25) is 0 Å². The normalized spacial score (nSPS) is 16.6. The zero-order chi connectivity index (χ0) is 18.1. The molecule has 0 aliphatic carbocycles. The molecule has 5 heteroatoms. The Bertz CT molecular complexity index is 958. The fourth-order valence-corrected chi connectivity index (χ4v) is 3.69. The van der Waals surface area contributed by atoms with Crippen molar-refractivity contribution in [2.75, 3.05) is 5.01 Å². The largest absolute Gasteiger partial charge is 0.508 e. The van der Waals surface area contributed by atoms with Gasteiger partial charge in [-0.25, -0.2) is 0 Å². The third kappa shape index (κ3) is 3.35. The Morgan fingerprint density at radius 2 is 1.73 bits per heavy atom. The number of hydrogen-bond donors (Lipinski definition) is 1. The van der Waals surface area contributed by atoms with Crippen molar-refractivity contribution >= 4 is 38.9 Å². The summed E-state index contributed by atoms with van der Waals surface area (Å²) < 4.78 is 0.929. The third-order valence-electron chi connectivity index (χ3n) is 4.46. The Kier molecular flexibility index (Phi) is 4.70. The van der Waals surface area contributed by atoms with Crippen LogP contribution in [0.2, 0.25) is 5.02 Å². The molecule has 1 unspecified atom stereocenters. The fourth-order valence-electron chi connectivity index (χ4n) is 3.18. The van der Waals surface area contributed by atoms with Gasteiger partial charge in [0.1, 0.15) is 5.75 Å². The molecule has 3 aromatic carbocycles. The molecule has 0 aromatic heterocycles. The Morgan fingerprint density at radius 3 is 2.46 bits per heavy atom. The van der Waals surface area contributed by atoms with E-state index in [-0.39, 0.29) is 11.8 Å². The molecule has 1 N–H and O–H groups in total. The first-order chi connectivity index (χ1) is 12.6. The summed E-state index contributed by atoms with van der Waals surface area (Å²) in [5.41, 5.74) is 3.83. The van der Waals surface area contributed by atoms with Crippen LogP contribution in [0.15, 0.2) is 82.4 Å². The Morgan fingerprint density at radius 1 is 1.00 bits per heavy atom. The van der Waals surface area contributed by atoms with E-state index in [2.05, 4.69) is 15.9 Å². The first-order valence-electron chi connectivity index (χ1n) is 8.28. The van der Waals surface area contributed by atoms with Crippen LogP contribution < -0.4 is 5.01 Å². The van der Waals surface area contributed by atoms with Crippen LogP contribution in [0, 0.1) is 0 Å². The van der Waals surface area contributed by atoms with Crippen molar-refractivity contribution in [1.29, 1.82) is 0 Å². The second-order valence-corrected chi connectivity index (χ2v) is 7.51. The van der Waals surface area contributed by atoms with Crippen LogP contribution in [0.1, 0.15) is 23.6 Å². The molecule has 0 saturated carbocycles. The average Bonchev–Trinajstić information content (AvgIpc) is 3.10. The number of hydrogen-bond acceptors (Lipinski definition) is 3. The van der Waals surface area contributed by atoms with Gasteiger partial charge in [-0.1, -0.05) is 57.9 Å². The molecular weight excluding hydrogens is 412 g/mol. The lowest BCUT2D eigenvalue weighted by atomic mass is 9.97. The predicted octanol–water partition coefficient (Wildman–Crippen LogP) is 6.16. The van der Waals surface area contributed by atoms with Gasteiger partial charge in [-0.05, 0) is 48.0 Å². The van der Waals surface area contributed by atoms with Crippen molar-refractivity contribution in [2.24, 2.45) is 5.10 Å². The lowest BCUT2D eigenvalue weighted by Crippen LogP contribution is -2.18. The Labute approximate surface area is 165 Å². The van der Waals surface area contributed by atoms with Crippen molar-refractivity contribution in [3.05, 3.63) is 93.4 Å². The summed E-state index contributed by atoms with van der Waals surface area (Å²) in [6.45, 7) is 0. The zero-order valence-electron chi connectivity index (χ0n) is 13.8. The predicted molar refractivity (Wildman–Crippen MR) is 110 cm³/mol. The van der Waals surface area contributed by atoms with Crippen molar-refractivity contribution in [3.63, 3.8) is 0 Å². The van der Waals surface area contributed by atoms with E-state index in [0.717, 1.165) is 27.0 Å². The number of halogens is 2. The number of aromatic hydroxyl groups is 1. The smallest absolute Gasteiger partial charge is 0.121 e. The standard InChI is InChI=1S/C21H16BrClN2O/c22-15-8-11-21(26)18(12-15)20-13-19(14-6-9-16(23)10-7-14)24-25(20)17-4-2-1-3-5-17/h1-12,20,26H,13H2. The molecule has 1 aliphatic rings. The molecule has 3 aromatic rings. The highest BCUT2D eigenvalue weighted by molar-refractivity contribution is 9.10. The first kappa shape index (κ1) is 17.1. The Balaban J connectivity index is 1.78. The minimum Gasteiger partial charge on any atom is -0.508 e. The molecule has 0 amide bonds. The number of phenolic OH excluding ortho intramolecular Hbond substituents is 1. The monoisotopic (exact) mass is 426 g/mol. The van der Waals surface area contributed by atoms with Gasteiger partial charge < -0.3 is 5.11 Å². The SMILES string of the molecule is Oc1ccc(Br)cc1C1CC(c2ccc(Cl)cc2)=NN1c1ccccc1. The number of nitrogens with zero attached hydrogens (tertiary/aromatic N) is 2. The summed E-state index contributed by atoms with van der Waals surface area (Å²) in [5.74, 6) is 0.270. The summed E-state index contributed by atoms with van der Waals surface area (Å²) in [6.07, 6.45) is 0.695. The molecule has 0 fully saturated rings. The molecule has 1 atom stereocenters. The minimum atomic E-state index is -0.0828. The zero-order valence-corrected chi connectivity index (χ0v) is 16.2. The molecule has 130 valence electrons. The van der Waals surface area contributed by atoms with Crippen LogP contribution in [0.5, 0.6) is 5.75 Å². The van der Waals surface area contributed by atoms with E-state index < -0.39 is 0 Å². The van der Waals surface area contributed by atoms with Gasteiger partial charge in [-0.2, -0.15) is 5.10 Å². The van der Waals surface area contributed by atoms with Crippen LogP contribution in [-0.2, 0) is 0 Å². The lowest BCUT2D eigenvalue weighted by Gasteiger charge is -2.24. The highest BCUT2D eigenvalue weighted by Crippen LogP contribution is 2.40. The van der Waals surface area contributed by atoms with Crippen LogP contribution in [0.25, 0.3) is 0 Å². The van der Waals surface area contributed by atoms with E-state index in [1.807, 2.05) is 71.7 Å². The Hall–Kier alpha value is -2.30. The quantitative estimate of drug-likeness (QED) is 0.543. The average molecular weight is 428 g/mol. The summed E-state index contributed by atoms with van der Waals surface area (Å²) in [7, 11) is 0. The summed E-state index contributed by atoms with van der Waals surface area (Å²) in [4.78, 5) is 0. The van der Waals surface area contributed by atoms with E-state index in [9.17, 15) is 5.11 Å². The molecule has 0 radical (unpaired) electrons. The number of phenols is 1. The molecule has 1 heterocycles. The second-order valence-electron chi connectivity index (χ2n) is 6.16. The number of anilines is 1. The van der Waals surface area contributed by atoms with Gasteiger partial charge in [0.15, 0.2) is 0 Å². The van der Waals surface area contributed by atoms with Crippen LogP contribution in [0.4, 0.5) is 5.69 Å². The van der Waals surface area contributed by atoms with Crippen molar-refractivity contribution in [1.82, 2.24) is 0 Å². The summed E-state index contributed by atoms with van der Waals surface area (Å²) in [5, 5.41) is 18.0. The van der Waals surface area contributed by atoms with Crippen molar-refractivity contribution < 1.29 is 5.11 Å². The van der Waals surface area contributed by atoms with Crippen LogP contribution in [0.3, 0.4) is 0 Å². The molecule has 0 saturated heterocycles. The minimum absolute atomic E-state index is 0.0828. The first-order valence-corrected chi connectivity index (χ1v) is 9.45. The molecule has 26 heavy (non-hydrogen) atoms. The van der Waals surface area contributed by atoms with Gasteiger partial charge in [-0.15, -0.1) is 0 Å². The molecule has 1 aliphatic heterocycles. The van der Waals surface area contributed by atoms with Crippen molar-refractivity contribution in [2.45, 2.75) is 12.5 Å². The number of benzene rings is 3. The summed E-state index contributed by atoms with van der Waals surface area (Å²) in [6, 6.07) is 23.1. The second kappa shape index (κ2) is 7.14. The molecule has 0 bridgehead atoms. The molecule has 3 nitrogen and oxygen atoms in total. The maximum absolute atomic E-state index is 10.4. The van der Waals surface area contributed by atoms with Gasteiger partial charge in [-0.3, -0.25) is 5.01 Å². The number of hydrazone groups is 1. The van der Waals surface area contributed by atoms with Gasteiger partial charge in [0.25, 0.3) is 0 Å². The van der Waals surface area contributed by atoms with E-state index in [4.69, 9.17) is 16.7 Å². The highest BCUT2D eigenvalue weighted by atomic mass is 79.9. The maximum Gasteiger partial charge on any atom is 0.121 e. The van der Waals surface area contributed by atoms with E-state index in [0.29, 0.717) is 11.4 Å². The van der Waals surface area contributed by atoms with E-state index >= 15 is 0 Å². The molecule has 0 spiro atoms. The van der Waals surface area contributed by atoms with E-state index in [1.165, 1.54) is 0 Å². The maximum atomic E-state index is 10.4. The molecular formula is C21H16BrClN2O. The lowest BCUT2D eigenvalue weighted by molar-refractivity contribution is 0.461. The van der Waals surface area contributed by atoms with Gasteiger partial charge in [0.05, 0.1) is 17.4 Å². The number of rotatable bonds is 3. The summed E-state index contributed by atoms with van der Waals surface area (Å²) >= 11 is 9.52. The topological polar surface area (TPSA) is 35.8 Å². The highest BCUT2D eigenvalue weighted by Gasteiger charge is 2.31. The number of para-hydroxylation sites is 1.